The molecule has 2 aromatic carbocycles. The summed E-state index contributed by atoms with van der Waals surface area (Å²) in [5.74, 6) is 0.631. The van der Waals surface area contributed by atoms with Gasteiger partial charge in [0.25, 0.3) is 0 Å². The Hall–Kier alpha value is -2.38. The van der Waals surface area contributed by atoms with Gasteiger partial charge in [-0.15, -0.1) is 0 Å². The fourth-order valence-corrected chi connectivity index (χ4v) is 6.03. The summed E-state index contributed by atoms with van der Waals surface area (Å²) in [7, 11) is -1.63. The number of fused-ring (bicyclic) bond motifs is 1. The molecular formula is C20H22N2O4S. The lowest BCUT2D eigenvalue weighted by atomic mass is 10.0. The van der Waals surface area contributed by atoms with Gasteiger partial charge in [-0.3, -0.25) is 9.69 Å². The van der Waals surface area contributed by atoms with E-state index in [1.165, 1.54) is 0 Å². The van der Waals surface area contributed by atoms with Gasteiger partial charge in [-0.25, -0.2) is 8.42 Å². The van der Waals surface area contributed by atoms with E-state index in [2.05, 4.69) is 0 Å². The average Bonchev–Trinajstić information content (AvgIpc) is 2.98. The number of rotatable bonds is 4. The predicted molar refractivity (Wildman–Crippen MR) is 104 cm³/mol. The van der Waals surface area contributed by atoms with E-state index < -0.39 is 9.84 Å². The van der Waals surface area contributed by atoms with Crippen molar-refractivity contribution in [2.75, 3.05) is 30.1 Å². The van der Waals surface area contributed by atoms with Gasteiger partial charge in [0, 0.05) is 24.3 Å². The fraction of sp³-hybridized carbons (Fsp3) is 0.350. The monoisotopic (exact) mass is 386 g/mol. The third-order valence-electron chi connectivity index (χ3n) is 5.26. The summed E-state index contributed by atoms with van der Waals surface area (Å²) >= 11 is 0. The van der Waals surface area contributed by atoms with Gasteiger partial charge in [0.15, 0.2) is 9.84 Å². The first-order valence-corrected chi connectivity index (χ1v) is 10.7. The molecule has 0 radical (unpaired) electrons. The van der Waals surface area contributed by atoms with E-state index in [-0.39, 0.29) is 36.0 Å². The molecule has 0 spiro atoms. The zero-order valence-electron chi connectivity index (χ0n) is 15.1. The number of benzene rings is 2. The molecule has 0 N–H and O–H groups in total. The number of anilines is 1. The number of hydrogen-bond acceptors (Lipinski definition) is 5. The standard InChI is InChI=1S/C20H22N2O4S/c1-26-17-9-5-8-16(10-17)22-19-14-27(24,25)13-18(19)21(12-20(22)23)11-15-6-3-2-4-7-15/h2-10,18-19H,11-14H2,1H3/t18-,19+/m1/s1. The molecule has 0 aromatic heterocycles. The highest BCUT2D eigenvalue weighted by Crippen LogP contribution is 2.33. The summed E-state index contributed by atoms with van der Waals surface area (Å²) in [6, 6.07) is 16.5. The zero-order chi connectivity index (χ0) is 19.0. The highest BCUT2D eigenvalue weighted by molar-refractivity contribution is 7.91. The van der Waals surface area contributed by atoms with Crippen LogP contribution in [0.2, 0.25) is 0 Å². The predicted octanol–water partition coefficient (Wildman–Crippen LogP) is 1.71. The van der Waals surface area contributed by atoms with E-state index in [0.29, 0.717) is 18.0 Å². The van der Waals surface area contributed by atoms with Crippen LogP contribution in [0, 0.1) is 0 Å². The summed E-state index contributed by atoms with van der Waals surface area (Å²) in [5.41, 5.74) is 1.76. The van der Waals surface area contributed by atoms with Crippen LogP contribution in [0.5, 0.6) is 5.75 Å². The summed E-state index contributed by atoms with van der Waals surface area (Å²) in [6.45, 7) is 0.762. The van der Waals surface area contributed by atoms with Gasteiger partial charge >= 0.3 is 0 Å². The fourth-order valence-electron chi connectivity index (χ4n) is 4.04. The maximum atomic E-state index is 13.0. The lowest BCUT2D eigenvalue weighted by Gasteiger charge is -2.43. The molecule has 6 nitrogen and oxygen atoms in total. The lowest BCUT2D eigenvalue weighted by Crippen LogP contribution is -2.61. The Kier molecular flexibility index (Phi) is 4.65. The maximum Gasteiger partial charge on any atom is 0.241 e. The van der Waals surface area contributed by atoms with Gasteiger partial charge in [0.05, 0.1) is 31.2 Å². The average molecular weight is 386 g/mol. The van der Waals surface area contributed by atoms with Crippen molar-refractivity contribution in [2.24, 2.45) is 0 Å². The second-order valence-electron chi connectivity index (χ2n) is 7.07. The molecule has 2 aliphatic rings. The molecule has 27 heavy (non-hydrogen) atoms. The van der Waals surface area contributed by atoms with E-state index in [4.69, 9.17) is 4.74 Å². The van der Waals surface area contributed by atoms with Gasteiger partial charge in [-0.05, 0) is 17.7 Å². The Morgan fingerprint density at radius 1 is 1.04 bits per heavy atom. The highest BCUT2D eigenvalue weighted by atomic mass is 32.2. The Morgan fingerprint density at radius 2 is 1.78 bits per heavy atom. The van der Waals surface area contributed by atoms with Gasteiger partial charge in [0.1, 0.15) is 5.75 Å². The number of carbonyl (C=O) groups is 1. The van der Waals surface area contributed by atoms with Crippen LogP contribution in [0.1, 0.15) is 5.56 Å². The Morgan fingerprint density at radius 3 is 2.52 bits per heavy atom. The lowest BCUT2D eigenvalue weighted by molar-refractivity contribution is -0.123. The number of ether oxygens (including phenoxy) is 1. The summed E-state index contributed by atoms with van der Waals surface area (Å²) in [5, 5.41) is 0. The van der Waals surface area contributed by atoms with Crippen LogP contribution in [0.4, 0.5) is 5.69 Å². The molecule has 2 fully saturated rings. The Bertz CT molecular complexity index is 945. The molecule has 0 unspecified atom stereocenters. The van der Waals surface area contributed by atoms with E-state index in [1.807, 2.05) is 53.4 Å². The van der Waals surface area contributed by atoms with E-state index in [0.717, 1.165) is 5.56 Å². The first kappa shape index (κ1) is 18.0. The molecule has 0 bridgehead atoms. The van der Waals surface area contributed by atoms with Crippen molar-refractivity contribution in [3.05, 3.63) is 60.2 Å². The molecule has 0 saturated carbocycles. The van der Waals surface area contributed by atoms with Crippen LogP contribution >= 0.6 is 0 Å². The van der Waals surface area contributed by atoms with Crippen molar-refractivity contribution >= 4 is 21.4 Å². The number of amides is 1. The van der Waals surface area contributed by atoms with Crippen molar-refractivity contribution in [1.82, 2.24) is 4.90 Å². The van der Waals surface area contributed by atoms with Crippen LogP contribution in [0.25, 0.3) is 0 Å². The second kappa shape index (κ2) is 6.98. The second-order valence-corrected chi connectivity index (χ2v) is 9.22. The van der Waals surface area contributed by atoms with Gasteiger partial charge in [-0.1, -0.05) is 36.4 Å². The van der Waals surface area contributed by atoms with E-state index >= 15 is 0 Å². The normalized spacial score (nSPS) is 24.6. The molecule has 7 heteroatoms. The number of carbonyl (C=O) groups excluding carboxylic acids is 1. The molecule has 142 valence electrons. The minimum Gasteiger partial charge on any atom is -0.497 e. The minimum absolute atomic E-state index is 0.00803. The zero-order valence-corrected chi connectivity index (χ0v) is 15.9. The molecule has 2 heterocycles. The number of hydrogen-bond donors (Lipinski definition) is 0. The van der Waals surface area contributed by atoms with Crippen LogP contribution in [-0.2, 0) is 21.2 Å². The SMILES string of the molecule is COc1cccc(N2C(=O)CN(Cc3ccccc3)[C@@H]3CS(=O)(=O)C[C@@H]32)c1. The largest absolute Gasteiger partial charge is 0.497 e. The van der Waals surface area contributed by atoms with Crippen molar-refractivity contribution in [3.63, 3.8) is 0 Å². The summed E-state index contributed by atoms with van der Waals surface area (Å²) in [4.78, 5) is 16.7. The van der Waals surface area contributed by atoms with Crippen molar-refractivity contribution in [3.8, 4) is 5.75 Å². The maximum absolute atomic E-state index is 13.0. The molecule has 1 amide bonds. The van der Waals surface area contributed by atoms with E-state index in [1.54, 1.807) is 18.1 Å². The van der Waals surface area contributed by atoms with Crippen LogP contribution < -0.4 is 9.64 Å². The Labute approximate surface area is 159 Å². The molecule has 4 rings (SSSR count). The topological polar surface area (TPSA) is 66.9 Å². The molecule has 2 atom stereocenters. The number of piperazine rings is 1. The third-order valence-corrected chi connectivity index (χ3v) is 6.96. The van der Waals surface area contributed by atoms with Crippen LogP contribution in [-0.4, -0.2) is 56.5 Å². The first-order valence-electron chi connectivity index (χ1n) is 8.91. The van der Waals surface area contributed by atoms with Crippen molar-refractivity contribution in [2.45, 2.75) is 18.6 Å². The van der Waals surface area contributed by atoms with Crippen LogP contribution in [0.15, 0.2) is 54.6 Å². The molecular weight excluding hydrogens is 364 g/mol. The third kappa shape index (κ3) is 3.57. The molecule has 0 aliphatic carbocycles. The van der Waals surface area contributed by atoms with Gasteiger partial charge in [0.2, 0.25) is 5.91 Å². The number of nitrogens with zero attached hydrogens (tertiary/aromatic N) is 2. The first-order chi connectivity index (χ1) is 13.0. The van der Waals surface area contributed by atoms with Gasteiger partial charge in [-0.2, -0.15) is 0 Å². The minimum atomic E-state index is -3.20. The van der Waals surface area contributed by atoms with Crippen molar-refractivity contribution in [1.29, 1.82) is 0 Å². The van der Waals surface area contributed by atoms with E-state index in [9.17, 15) is 13.2 Å². The van der Waals surface area contributed by atoms with Crippen molar-refractivity contribution < 1.29 is 17.9 Å². The van der Waals surface area contributed by atoms with Crippen LogP contribution in [0.3, 0.4) is 0 Å². The highest BCUT2D eigenvalue weighted by Gasteiger charge is 2.49. The number of methoxy groups -OCH3 is 1. The van der Waals surface area contributed by atoms with Gasteiger partial charge < -0.3 is 9.64 Å². The Balaban J connectivity index is 1.67. The quantitative estimate of drug-likeness (QED) is 0.800. The summed E-state index contributed by atoms with van der Waals surface area (Å²) in [6.07, 6.45) is 0. The molecule has 2 aromatic rings. The smallest absolute Gasteiger partial charge is 0.241 e. The molecule has 2 aliphatic heterocycles. The summed E-state index contributed by atoms with van der Waals surface area (Å²) < 4.78 is 30.1. The number of sulfone groups is 1. The molecule has 2 saturated heterocycles.